The Kier molecular flexibility index (Phi) is 52.6. The summed E-state index contributed by atoms with van der Waals surface area (Å²) < 4.78 is 0. The number of carbonyl (C=O) groups excluding carboxylic acids is 3. The van der Waals surface area contributed by atoms with Crippen LogP contribution in [0.1, 0.15) is 19.3 Å². The molecule has 0 aromatic carbocycles. The van der Waals surface area contributed by atoms with Gasteiger partial charge in [0.1, 0.15) is 0 Å². The topological polar surface area (TPSA) is 191 Å². The van der Waals surface area contributed by atoms with E-state index in [-0.39, 0.29) is 160 Å². The number of hydrogen-bond acceptors (Lipinski definition) is 11. The molecule has 9 nitrogen and oxygen atoms in total. The van der Waals surface area contributed by atoms with E-state index in [0.717, 1.165) is 11.5 Å². The number of nitrogens with one attached hydrogen (secondary N) is 1. The Morgan fingerprint density at radius 3 is 1.47 bits per heavy atom. The summed E-state index contributed by atoms with van der Waals surface area (Å²) in [5, 5.41) is 23.2. The summed E-state index contributed by atoms with van der Waals surface area (Å²) in [7, 11) is 0. The van der Waals surface area contributed by atoms with Crippen LogP contribution < -0.4 is 181 Å². The fourth-order valence-electron chi connectivity index (χ4n) is 1.50. The van der Waals surface area contributed by atoms with Crippen molar-refractivity contribution in [2.45, 2.75) is 37.4 Å². The Morgan fingerprint density at radius 2 is 1.13 bits per heavy atom. The van der Waals surface area contributed by atoms with Crippen molar-refractivity contribution in [2.24, 2.45) is 11.5 Å². The monoisotopic (exact) mass is 561 g/mol. The van der Waals surface area contributed by atoms with E-state index in [0.29, 0.717) is 25.0 Å². The van der Waals surface area contributed by atoms with Gasteiger partial charge in [-0.2, -0.15) is 35.3 Å². The molecule has 162 valence electrons. The largest absolute Gasteiger partial charge is 1.00 e. The number of carbonyl (C=O) groups is 3. The average molecular weight is 562 g/mol. The SMILES string of the molecule is CSCCC(N)C(=O)NC(CCSC)C(=O)[O-].CSCCC(N)C(=O)[O-].[K+].[K+].[K+].[OH-]. The van der Waals surface area contributed by atoms with Gasteiger partial charge in [0, 0.05) is 6.04 Å². The summed E-state index contributed by atoms with van der Waals surface area (Å²) in [5.41, 5.74) is 10.8. The molecule has 0 spiro atoms. The number of amides is 1. The molecule has 3 atom stereocenters. The minimum atomic E-state index is -1.26. The van der Waals surface area contributed by atoms with Gasteiger partial charge in [-0.25, -0.2) is 0 Å². The van der Waals surface area contributed by atoms with E-state index < -0.39 is 36.0 Å². The molecule has 30 heavy (non-hydrogen) atoms. The molecule has 3 unspecified atom stereocenters. The molecule has 0 rings (SSSR count). The van der Waals surface area contributed by atoms with Gasteiger partial charge < -0.3 is 42.1 Å². The Hall–Kier alpha value is 4.25. The third-order valence-corrected chi connectivity index (χ3v) is 5.05. The summed E-state index contributed by atoms with van der Waals surface area (Å²) >= 11 is 4.69. The summed E-state index contributed by atoms with van der Waals surface area (Å²) in [6, 6.07) is -2.40. The van der Waals surface area contributed by atoms with Crippen LogP contribution in [0.2, 0.25) is 0 Å². The van der Waals surface area contributed by atoms with E-state index in [1.807, 2.05) is 18.8 Å². The molecular weight excluding hydrogens is 532 g/mol. The smallest absolute Gasteiger partial charge is 0.870 e. The zero-order valence-corrected chi connectivity index (χ0v) is 30.7. The van der Waals surface area contributed by atoms with E-state index in [1.54, 1.807) is 23.5 Å². The minimum absolute atomic E-state index is 0. The van der Waals surface area contributed by atoms with Crippen LogP contribution in [0.25, 0.3) is 0 Å². The second-order valence-electron chi connectivity index (χ2n) is 5.26. The van der Waals surface area contributed by atoms with Crippen LogP contribution in [0.4, 0.5) is 0 Å². The molecule has 0 fully saturated rings. The number of rotatable bonds is 13. The zero-order valence-electron chi connectivity index (χ0n) is 18.8. The second-order valence-corrected chi connectivity index (χ2v) is 8.21. The first kappa shape index (κ1) is 47.4. The van der Waals surface area contributed by atoms with E-state index in [2.05, 4.69) is 5.32 Å². The van der Waals surface area contributed by atoms with E-state index in [4.69, 9.17) is 11.5 Å². The van der Waals surface area contributed by atoms with Gasteiger partial charge >= 0.3 is 154 Å². The number of nitrogens with two attached hydrogens (primary N) is 2. The molecule has 6 N–H and O–H groups in total. The third kappa shape index (κ3) is 30.3. The van der Waals surface area contributed by atoms with Crippen molar-refractivity contribution in [3.05, 3.63) is 0 Å². The first-order valence-electron chi connectivity index (χ1n) is 7.91. The van der Waals surface area contributed by atoms with Crippen LogP contribution in [0.15, 0.2) is 0 Å². The average Bonchev–Trinajstić information content (AvgIpc) is 2.60. The van der Waals surface area contributed by atoms with Gasteiger partial charge in [0.05, 0.1) is 24.0 Å². The first-order chi connectivity index (χ1) is 12.2. The predicted octanol–water partition coefficient (Wildman–Crippen LogP) is -11.3. The molecule has 15 heteroatoms. The van der Waals surface area contributed by atoms with Crippen molar-refractivity contribution < 1.29 is 184 Å². The van der Waals surface area contributed by atoms with Crippen molar-refractivity contribution >= 4 is 53.1 Å². The van der Waals surface area contributed by atoms with Gasteiger partial charge in [-0.3, -0.25) is 4.79 Å². The van der Waals surface area contributed by atoms with E-state index in [1.165, 1.54) is 11.8 Å². The van der Waals surface area contributed by atoms with Crippen LogP contribution in [-0.2, 0) is 14.4 Å². The molecule has 0 bridgehead atoms. The minimum Gasteiger partial charge on any atom is -0.870 e. The maximum Gasteiger partial charge on any atom is 1.00 e. The van der Waals surface area contributed by atoms with Crippen LogP contribution in [0.3, 0.4) is 0 Å². The zero-order chi connectivity index (χ0) is 20.5. The fraction of sp³-hybridized carbons (Fsp3) is 0.800. The quantitative estimate of drug-likeness (QED) is 0.181. The summed E-state index contributed by atoms with van der Waals surface area (Å²) in [5.74, 6) is -0.647. The van der Waals surface area contributed by atoms with Crippen molar-refractivity contribution in [2.75, 3.05) is 36.0 Å². The standard InChI is InChI=1S/C10H20N2O3S2.C5H11NO2S.3K.H2O/c1-16-5-3-7(11)9(13)12-8(10(14)15)4-6-17-2;1-9-3-2-4(6)5(7)8;;;;/h7-8H,3-6,11H2,1-2H3,(H,12,13)(H,14,15);4H,2-3,6H2,1H3,(H,7,8);;;;1H2/q;;3*+1;/p-3. The molecule has 0 heterocycles. The van der Waals surface area contributed by atoms with Crippen LogP contribution in [0, 0.1) is 0 Å². The van der Waals surface area contributed by atoms with Gasteiger partial charge in [-0.15, -0.1) is 0 Å². The molecule has 0 aromatic rings. The molecule has 0 saturated heterocycles. The second kappa shape index (κ2) is 33.2. The summed E-state index contributed by atoms with van der Waals surface area (Å²) in [6.45, 7) is 0. The van der Waals surface area contributed by atoms with E-state index >= 15 is 0 Å². The fourth-order valence-corrected chi connectivity index (χ4v) is 2.95. The Balaban J connectivity index is -0.0000000967. The van der Waals surface area contributed by atoms with Crippen molar-refractivity contribution in [1.82, 2.24) is 5.32 Å². The molecule has 0 aliphatic rings. The van der Waals surface area contributed by atoms with Gasteiger partial charge in [0.15, 0.2) is 0 Å². The molecule has 1 amide bonds. The Labute approximate surface area is 320 Å². The van der Waals surface area contributed by atoms with Crippen LogP contribution in [-0.4, -0.2) is 77.5 Å². The van der Waals surface area contributed by atoms with E-state index in [9.17, 15) is 24.6 Å². The van der Waals surface area contributed by atoms with Gasteiger partial charge in [-0.1, -0.05) is 0 Å². The number of hydrogen-bond donors (Lipinski definition) is 3. The van der Waals surface area contributed by atoms with Crippen LogP contribution in [0.5, 0.6) is 0 Å². The van der Waals surface area contributed by atoms with Gasteiger partial charge in [-0.05, 0) is 55.3 Å². The molecule has 0 saturated carbocycles. The first-order valence-corrected chi connectivity index (χ1v) is 12.1. The molecular formula is C15H30K3N3O6S3. The van der Waals surface area contributed by atoms with Crippen molar-refractivity contribution in [3.63, 3.8) is 0 Å². The molecule has 0 aromatic heterocycles. The normalized spacial score (nSPS) is 11.9. The van der Waals surface area contributed by atoms with Crippen molar-refractivity contribution in [3.8, 4) is 0 Å². The summed E-state index contributed by atoms with van der Waals surface area (Å²) in [4.78, 5) is 32.3. The van der Waals surface area contributed by atoms with Crippen molar-refractivity contribution in [1.29, 1.82) is 0 Å². The molecule has 0 aliphatic heterocycles. The number of thioether (sulfide) groups is 3. The summed E-state index contributed by atoms with van der Waals surface area (Å²) in [6.07, 6.45) is 7.08. The number of carboxylic acids is 2. The predicted molar refractivity (Wildman–Crippen MR) is 109 cm³/mol. The third-order valence-electron chi connectivity index (χ3n) is 3.12. The van der Waals surface area contributed by atoms with Gasteiger partial charge in [0.25, 0.3) is 0 Å². The van der Waals surface area contributed by atoms with Gasteiger partial charge in [0.2, 0.25) is 5.91 Å². The maximum absolute atomic E-state index is 11.6. The number of carboxylic acid groups (broad SMARTS) is 2. The molecule has 0 radical (unpaired) electrons. The Bertz CT molecular complexity index is 432. The Morgan fingerprint density at radius 1 is 0.767 bits per heavy atom. The van der Waals surface area contributed by atoms with Crippen LogP contribution >= 0.6 is 35.3 Å². The number of aliphatic carboxylic acids is 2. The molecule has 0 aliphatic carbocycles. The maximum atomic E-state index is 11.6.